The highest BCUT2D eigenvalue weighted by atomic mass is 32.2. The van der Waals surface area contributed by atoms with Gasteiger partial charge in [0.2, 0.25) is 11.8 Å². The summed E-state index contributed by atoms with van der Waals surface area (Å²) in [5, 5.41) is 9.56. The Morgan fingerprint density at radius 1 is 1.22 bits per heavy atom. The molecule has 1 fully saturated rings. The highest BCUT2D eigenvalue weighted by molar-refractivity contribution is 8.00. The maximum absolute atomic E-state index is 12.8. The number of carbonyl (C=O) groups excluding carboxylic acids is 2. The van der Waals surface area contributed by atoms with E-state index in [-0.39, 0.29) is 18.2 Å². The van der Waals surface area contributed by atoms with Gasteiger partial charge in [0.05, 0.1) is 16.5 Å². The number of nitriles is 1. The molecule has 5 nitrogen and oxygen atoms in total. The third kappa shape index (κ3) is 3.35. The molecular weight excluding hydrogens is 358 g/mol. The number of fused-ring (bicyclic) bond motifs is 1. The molecule has 0 radical (unpaired) electrons. The van der Waals surface area contributed by atoms with Crippen LogP contribution >= 0.6 is 11.8 Å². The standard InChI is InChI=1S/C21H19N3O2S/c1-13-7-8-17-14(9-13)10-15(12-22)20(23-17)27-18-11-19(25)24(21(18)26)16-5-3-2-4-6-16/h2-6,10,13,18H,7-9,11H2,1H3/t13-,18+/m1/s1. The lowest BCUT2D eigenvalue weighted by Crippen LogP contribution is -2.31. The molecule has 1 saturated heterocycles. The Hall–Kier alpha value is -2.65. The molecule has 0 saturated carbocycles. The predicted octanol–water partition coefficient (Wildman–Crippen LogP) is 3.50. The Morgan fingerprint density at radius 2 is 2.00 bits per heavy atom. The molecule has 2 aromatic rings. The maximum Gasteiger partial charge on any atom is 0.247 e. The minimum Gasteiger partial charge on any atom is -0.274 e. The highest BCUT2D eigenvalue weighted by Gasteiger charge is 2.40. The number of amides is 2. The molecule has 0 N–H and O–H groups in total. The summed E-state index contributed by atoms with van der Waals surface area (Å²) in [6.07, 6.45) is 3.03. The van der Waals surface area contributed by atoms with E-state index in [4.69, 9.17) is 4.98 Å². The van der Waals surface area contributed by atoms with Crippen molar-refractivity contribution in [3.8, 4) is 6.07 Å². The Labute approximate surface area is 162 Å². The van der Waals surface area contributed by atoms with E-state index in [1.54, 1.807) is 24.3 Å². The highest BCUT2D eigenvalue weighted by Crippen LogP contribution is 2.36. The van der Waals surface area contributed by atoms with Crippen molar-refractivity contribution >= 4 is 29.3 Å². The number of thioether (sulfide) groups is 1. The summed E-state index contributed by atoms with van der Waals surface area (Å²) >= 11 is 1.24. The monoisotopic (exact) mass is 377 g/mol. The van der Waals surface area contributed by atoms with Gasteiger partial charge in [0, 0.05) is 12.1 Å². The van der Waals surface area contributed by atoms with Crippen LogP contribution in [0.1, 0.15) is 36.6 Å². The van der Waals surface area contributed by atoms with E-state index >= 15 is 0 Å². The van der Waals surface area contributed by atoms with Gasteiger partial charge in [-0.15, -0.1) is 0 Å². The van der Waals surface area contributed by atoms with E-state index in [0.717, 1.165) is 30.5 Å². The Balaban J connectivity index is 1.60. The third-order valence-electron chi connectivity index (χ3n) is 5.09. The summed E-state index contributed by atoms with van der Waals surface area (Å²) in [7, 11) is 0. The quantitative estimate of drug-likeness (QED) is 0.766. The van der Waals surface area contributed by atoms with Crippen molar-refractivity contribution in [2.75, 3.05) is 4.90 Å². The lowest BCUT2D eigenvalue weighted by atomic mass is 9.87. The molecule has 0 unspecified atom stereocenters. The van der Waals surface area contributed by atoms with E-state index in [1.807, 2.05) is 12.1 Å². The van der Waals surface area contributed by atoms with E-state index in [0.29, 0.717) is 22.2 Å². The van der Waals surface area contributed by atoms with Crippen LogP contribution in [0.3, 0.4) is 0 Å². The zero-order valence-electron chi connectivity index (χ0n) is 15.0. The molecule has 1 aromatic carbocycles. The average molecular weight is 377 g/mol. The second-order valence-corrected chi connectivity index (χ2v) is 8.31. The fraction of sp³-hybridized carbons (Fsp3) is 0.333. The number of carbonyl (C=O) groups is 2. The first-order valence-electron chi connectivity index (χ1n) is 9.08. The Bertz CT molecular complexity index is 952. The normalized spacial score (nSPS) is 21.9. The van der Waals surface area contributed by atoms with E-state index in [2.05, 4.69) is 13.0 Å². The van der Waals surface area contributed by atoms with Crippen LogP contribution in [0.15, 0.2) is 41.4 Å². The number of rotatable bonds is 3. The summed E-state index contributed by atoms with van der Waals surface area (Å²) in [5.74, 6) is 0.139. The fourth-order valence-electron chi connectivity index (χ4n) is 3.68. The molecule has 1 aliphatic carbocycles. The smallest absolute Gasteiger partial charge is 0.247 e. The van der Waals surface area contributed by atoms with Crippen LogP contribution in [0.25, 0.3) is 0 Å². The Morgan fingerprint density at radius 3 is 2.74 bits per heavy atom. The van der Waals surface area contributed by atoms with Crippen molar-refractivity contribution in [3.05, 3.63) is 53.2 Å². The minimum atomic E-state index is -0.544. The summed E-state index contributed by atoms with van der Waals surface area (Å²) in [6, 6.07) is 13.1. The van der Waals surface area contributed by atoms with E-state index in [1.165, 1.54) is 16.7 Å². The molecule has 6 heteroatoms. The van der Waals surface area contributed by atoms with Crippen molar-refractivity contribution in [1.29, 1.82) is 5.26 Å². The Kier molecular flexibility index (Phi) is 4.71. The van der Waals surface area contributed by atoms with Gasteiger partial charge in [-0.05, 0) is 48.9 Å². The summed E-state index contributed by atoms with van der Waals surface area (Å²) in [5.41, 5.74) is 3.23. The minimum absolute atomic E-state index is 0.124. The number of benzene rings is 1. The van der Waals surface area contributed by atoms with Gasteiger partial charge >= 0.3 is 0 Å². The molecule has 136 valence electrons. The van der Waals surface area contributed by atoms with Crippen molar-refractivity contribution in [3.63, 3.8) is 0 Å². The molecule has 2 amide bonds. The molecule has 0 spiro atoms. The molecule has 27 heavy (non-hydrogen) atoms. The van der Waals surface area contributed by atoms with Crippen molar-refractivity contribution < 1.29 is 9.59 Å². The van der Waals surface area contributed by atoms with Gasteiger partial charge in [-0.3, -0.25) is 9.59 Å². The lowest BCUT2D eigenvalue weighted by molar-refractivity contribution is -0.121. The second-order valence-electron chi connectivity index (χ2n) is 7.12. The SMILES string of the molecule is C[C@@H]1CCc2nc(S[C@H]3CC(=O)N(c4ccccc4)C3=O)c(C#N)cc2C1. The number of anilines is 1. The van der Waals surface area contributed by atoms with E-state index < -0.39 is 5.25 Å². The van der Waals surface area contributed by atoms with Crippen molar-refractivity contribution in [2.24, 2.45) is 5.92 Å². The van der Waals surface area contributed by atoms with Gasteiger partial charge in [0.25, 0.3) is 0 Å². The first-order chi connectivity index (χ1) is 13.1. The molecule has 1 aromatic heterocycles. The fourth-order valence-corrected chi connectivity index (χ4v) is 4.77. The van der Waals surface area contributed by atoms with Gasteiger partial charge in [-0.1, -0.05) is 36.9 Å². The molecule has 1 aliphatic heterocycles. The zero-order chi connectivity index (χ0) is 19.0. The van der Waals surface area contributed by atoms with Crippen LogP contribution in [0.5, 0.6) is 0 Å². The number of aryl methyl sites for hydroxylation is 1. The van der Waals surface area contributed by atoms with Gasteiger partial charge in [-0.25, -0.2) is 9.88 Å². The third-order valence-corrected chi connectivity index (χ3v) is 6.28. The number of aromatic nitrogens is 1. The van der Waals surface area contributed by atoms with Crippen LogP contribution in [-0.2, 0) is 22.4 Å². The van der Waals surface area contributed by atoms with Gasteiger partial charge < -0.3 is 0 Å². The van der Waals surface area contributed by atoms with Gasteiger partial charge in [-0.2, -0.15) is 5.26 Å². The predicted molar refractivity (Wildman–Crippen MR) is 103 cm³/mol. The summed E-state index contributed by atoms with van der Waals surface area (Å²) < 4.78 is 0. The molecule has 4 rings (SSSR count). The number of imide groups is 1. The number of hydrogen-bond donors (Lipinski definition) is 0. The van der Waals surface area contributed by atoms with Crippen LogP contribution in [0.4, 0.5) is 5.69 Å². The first-order valence-corrected chi connectivity index (χ1v) is 9.96. The molecule has 2 heterocycles. The summed E-state index contributed by atoms with van der Waals surface area (Å²) in [6.45, 7) is 2.21. The number of nitrogens with zero attached hydrogens (tertiary/aromatic N) is 3. The van der Waals surface area contributed by atoms with Crippen LogP contribution in [0.2, 0.25) is 0 Å². The van der Waals surface area contributed by atoms with Crippen molar-refractivity contribution in [1.82, 2.24) is 4.98 Å². The number of para-hydroxylation sites is 1. The van der Waals surface area contributed by atoms with E-state index in [9.17, 15) is 14.9 Å². The molecular formula is C21H19N3O2S. The first kappa shape index (κ1) is 17.7. The molecule has 2 aliphatic rings. The van der Waals surface area contributed by atoms with Crippen LogP contribution in [-0.4, -0.2) is 22.0 Å². The second kappa shape index (κ2) is 7.16. The number of hydrogen-bond acceptors (Lipinski definition) is 5. The zero-order valence-corrected chi connectivity index (χ0v) is 15.8. The van der Waals surface area contributed by atoms with Crippen molar-refractivity contribution in [2.45, 2.75) is 42.9 Å². The number of pyridine rings is 1. The molecule has 0 bridgehead atoms. The van der Waals surface area contributed by atoms with Crippen LogP contribution in [0, 0.1) is 17.2 Å². The molecule has 2 atom stereocenters. The van der Waals surface area contributed by atoms with Crippen LogP contribution < -0.4 is 4.90 Å². The summed E-state index contributed by atoms with van der Waals surface area (Å²) in [4.78, 5) is 31.2. The largest absolute Gasteiger partial charge is 0.274 e. The lowest BCUT2D eigenvalue weighted by Gasteiger charge is -2.22. The average Bonchev–Trinajstić information content (AvgIpc) is 2.95. The maximum atomic E-state index is 12.8. The van der Waals surface area contributed by atoms with Gasteiger partial charge in [0.1, 0.15) is 11.1 Å². The topological polar surface area (TPSA) is 74.1 Å². The van der Waals surface area contributed by atoms with Gasteiger partial charge in [0.15, 0.2) is 0 Å².